The molecule has 5 heteroatoms. The SMILES string of the molecule is C=CC(=O)Nc1n[nH]c(C)n1. The molecule has 1 heterocycles. The molecule has 0 fully saturated rings. The standard InChI is InChI=1S/C6H8N4O/c1-3-5(11)8-6-7-4(2)9-10-6/h3H,1H2,2H3,(H2,7,8,9,10,11). The van der Waals surface area contributed by atoms with Crippen LogP contribution in [0.5, 0.6) is 0 Å². The number of nitrogens with one attached hydrogen (secondary N) is 2. The summed E-state index contributed by atoms with van der Waals surface area (Å²) in [5.74, 6) is 0.612. The first-order valence-electron chi connectivity index (χ1n) is 3.05. The maximum atomic E-state index is 10.7. The van der Waals surface area contributed by atoms with E-state index in [1.807, 2.05) is 0 Å². The van der Waals surface area contributed by atoms with Gasteiger partial charge in [-0.1, -0.05) is 6.58 Å². The van der Waals surface area contributed by atoms with Crippen molar-refractivity contribution in [3.63, 3.8) is 0 Å². The zero-order chi connectivity index (χ0) is 8.27. The van der Waals surface area contributed by atoms with Gasteiger partial charge in [0, 0.05) is 0 Å². The molecule has 0 aliphatic rings. The Balaban J connectivity index is 2.64. The van der Waals surface area contributed by atoms with Gasteiger partial charge in [-0.2, -0.15) is 4.98 Å². The molecule has 2 N–H and O–H groups in total. The normalized spacial score (nSPS) is 9.18. The van der Waals surface area contributed by atoms with Crippen molar-refractivity contribution in [1.29, 1.82) is 0 Å². The average Bonchev–Trinajstić information content (AvgIpc) is 2.35. The number of rotatable bonds is 2. The fourth-order valence-electron chi connectivity index (χ4n) is 0.560. The van der Waals surface area contributed by atoms with Crippen molar-refractivity contribution in [2.75, 3.05) is 5.32 Å². The molecular formula is C6H8N4O. The van der Waals surface area contributed by atoms with Crippen LogP contribution >= 0.6 is 0 Å². The number of aromatic amines is 1. The van der Waals surface area contributed by atoms with Gasteiger partial charge in [0.2, 0.25) is 11.9 Å². The third kappa shape index (κ3) is 1.89. The second-order valence-electron chi connectivity index (χ2n) is 1.94. The van der Waals surface area contributed by atoms with E-state index in [0.717, 1.165) is 6.08 Å². The number of hydrogen-bond donors (Lipinski definition) is 2. The van der Waals surface area contributed by atoms with E-state index in [0.29, 0.717) is 5.82 Å². The highest BCUT2D eigenvalue weighted by Crippen LogP contribution is 1.95. The van der Waals surface area contributed by atoms with E-state index in [4.69, 9.17) is 0 Å². The highest BCUT2D eigenvalue weighted by atomic mass is 16.1. The predicted octanol–water partition coefficient (Wildman–Crippen LogP) is 0.238. The van der Waals surface area contributed by atoms with Crippen LogP contribution in [0.4, 0.5) is 5.95 Å². The Morgan fingerprint density at radius 3 is 3.00 bits per heavy atom. The molecule has 0 atom stereocenters. The number of aryl methyl sites for hydroxylation is 1. The van der Waals surface area contributed by atoms with E-state index in [-0.39, 0.29) is 11.9 Å². The van der Waals surface area contributed by atoms with Crippen molar-refractivity contribution in [2.45, 2.75) is 6.92 Å². The van der Waals surface area contributed by atoms with E-state index in [1.165, 1.54) is 0 Å². The second-order valence-corrected chi connectivity index (χ2v) is 1.94. The van der Waals surface area contributed by atoms with E-state index in [9.17, 15) is 4.79 Å². The molecule has 11 heavy (non-hydrogen) atoms. The molecular weight excluding hydrogens is 144 g/mol. The molecule has 0 aliphatic carbocycles. The third-order valence-corrected chi connectivity index (χ3v) is 1.02. The van der Waals surface area contributed by atoms with Gasteiger partial charge in [0.25, 0.3) is 0 Å². The van der Waals surface area contributed by atoms with E-state index in [1.54, 1.807) is 6.92 Å². The molecule has 0 bridgehead atoms. The van der Waals surface area contributed by atoms with Crippen LogP contribution in [0.15, 0.2) is 12.7 Å². The zero-order valence-corrected chi connectivity index (χ0v) is 6.09. The van der Waals surface area contributed by atoms with Gasteiger partial charge in [0.15, 0.2) is 0 Å². The van der Waals surface area contributed by atoms with Crippen LogP contribution < -0.4 is 5.32 Å². The van der Waals surface area contributed by atoms with Gasteiger partial charge in [0.1, 0.15) is 5.82 Å². The van der Waals surface area contributed by atoms with Gasteiger partial charge in [-0.3, -0.25) is 15.2 Å². The molecule has 5 nitrogen and oxygen atoms in total. The summed E-state index contributed by atoms with van der Waals surface area (Å²) in [5, 5.41) is 8.68. The van der Waals surface area contributed by atoms with Gasteiger partial charge in [-0.15, -0.1) is 5.10 Å². The topological polar surface area (TPSA) is 70.7 Å². The Bertz CT molecular complexity index is 278. The lowest BCUT2D eigenvalue weighted by Gasteiger charge is -1.90. The monoisotopic (exact) mass is 152 g/mol. The minimum absolute atomic E-state index is 0.271. The fourth-order valence-corrected chi connectivity index (χ4v) is 0.560. The van der Waals surface area contributed by atoms with Gasteiger partial charge in [0.05, 0.1) is 0 Å². The molecule has 0 radical (unpaired) electrons. The number of aromatic nitrogens is 3. The zero-order valence-electron chi connectivity index (χ0n) is 6.09. The lowest BCUT2D eigenvalue weighted by atomic mass is 10.6. The molecule has 1 amide bonds. The van der Waals surface area contributed by atoms with Crippen LogP contribution in [-0.2, 0) is 4.79 Å². The highest BCUT2D eigenvalue weighted by Gasteiger charge is 2.00. The van der Waals surface area contributed by atoms with Crippen molar-refractivity contribution in [3.05, 3.63) is 18.5 Å². The van der Waals surface area contributed by atoms with Crippen molar-refractivity contribution in [2.24, 2.45) is 0 Å². The van der Waals surface area contributed by atoms with Crippen LogP contribution in [0.1, 0.15) is 5.82 Å². The van der Waals surface area contributed by atoms with Crippen LogP contribution in [0.2, 0.25) is 0 Å². The Morgan fingerprint density at radius 1 is 1.82 bits per heavy atom. The van der Waals surface area contributed by atoms with Crippen molar-refractivity contribution in [3.8, 4) is 0 Å². The molecule has 1 aromatic heterocycles. The summed E-state index contributed by atoms with van der Waals surface area (Å²) in [7, 11) is 0. The lowest BCUT2D eigenvalue weighted by Crippen LogP contribution is -2.08. The van der Waals surface area contributed by atoms with Crippen LogP contribution in [0, 0.1) is 6.92 Å². The van der Waals surface area contributed by atoms with Crippen LogP contribution in [0.3, 0.4) is 0 Å². The summed E-state index contributed by atoms with van der Waals surface area (Å²) in [4.78, 5) is 14.5. The largest absolute Gasteiger partial charge is 0.290 e. The second kappa shape index (κ2) is 2.96. The maximum Gasteiger partial charge on any atom is 0.250 e. The number of anilines is 1. The fraction of sp³-hybridized carbons (Fsp3) is 0.167. The highest BCUT2D eigenvalue weighted by molar-refractivity contribution is 5.97. The molecule has 0 aliphatic heterocycles. The quantitative estimate of drug-likeness (QED) is 0.596. The average molecular weight is 152 g/mol. The van der Waals surface area contributed by atoms with Gasteiger partial charge < -0.3 is 0 Å². The Morgan fingerprint density at radius 2 is 2.55 bits per heavy atom. The first-order chi connectivity index (χ1) is 5.22. The Kier molecular flexibility index (Phi) is 2.00. The lowest BCUT2D eigenvalue weighted by molar-refractivity contribution is -0.111. The molecule has 0 saturated heterocycles. The smallest absolute Gasteiger partial charge is 0.250 e. The maximum absolute atomic E-state index is 10.7. The first kappa shape index (κ1) is 7.46. The van der Waals surface area contributed by atoms with Gasteiger partial charge in [-0.05, 0) is 13.0 Å². The molecule has 58 valence electrons. The third-order valence-electron chi connectivity index (χ3n) is 1.02. The van der Waals surface area contributed by atoms with Crippen molar-refractivity contribution < 1.29 is 4.79 Å². The number of carbonyl (C=O) groups excluding carboxylic acids is 1. The minimum Gasteiger partial charge on any atom is -0.290 e. The molecule has 0 unspecified atom stereocenters. The molecule has 1 rings (SSSR count). The van der Waals surface area contributed by atoms with E-state index in [2.05, 4.69) is 27.1 Å². The summed E-state index contributed by atoms with van der Waals surface area (Å²) in [6.45, 7) is 5.03. The number of nitrogens with zero attached hydrogens (tertiary/aromatic N) is 2. The van der Waals surface area contributed by atoms with Gasteiger partial charge >= 0.3 is 0 Å². The molecule has 0 spiro atoms. The molecule has 1 aromatic rings. The van der Waals surface area contributed by atoms with E-state index >= 15 is 0 Å². The summed E-state index contributed by atoms with van der Waals surface area (Å²) in [6, 6.07) is 0. The van der Waals surface area contributed by atoms with E-state index < -0.39 is 0 Å². The Labute approximate surface area is 63.5 Å². The van der Waals surface area contributed by atoms with Crippen molar-refractivity contribution >= 4 is 11.9 Å². The molecule has 0 saturated carbocycles. The summed E-state index contributed by atoms with van der Waals surface area (Å²) < 4.78 is 0. The summed E-state index contributed by atoms with van der Waals surface area (Å²) in [5.41, 5.74) is 0. The summed E-state index contributed by atoms with van der Waals surface area (Å²) >= 11 is 0. The van der Waals surface area contributed by atoms with Crippen molar-refractivity contribution in [1.82, 2.24) is 15.2 Å². The van der Waals surface area contributed by atoms with Crippen LogP contribution in [-0.4, -0.2) is 21.1 Å². The number of H-pyrrole nitrogens is 1. The van der Waals surface area contributed by atoms with Gasteiger partial charge in [-0.25, -0.2) is 0 Å². The first-order valence-corrected chi connectivity index (χ1v) is 3.05. The number of amides is 1. The summed E-state index contributed by atoms with van der Waals surface area (Å²) in [6.07, 6.45) is 1.16. The Hall–Kier alpha value is -1.65. The molecule has 0 aromatic carbocycles. The number of carbonyl (C=O) groups is 1. The predicted molar refractivity (Wildman–Crippen MR) is 39.9 cm³/mol. The minimum atomic E-state index is -0.316. The van der Waals surface area contributed by atoms with Crippen LogP contribution in [0.25, 0.3) is 0 Å². The number of hydrogen-bond acceptors (Lipinski definition) is 3.